The van der Waals surface area contributed by atoms with Crippen molar-refractivity contribution in [3.63, 3.8) is 0 Å². The molecule has 2 saturated heterocycles. The van der Waals surface area contributed by atoms with Crippen LogP contribution in [0, 0.1) is 5.41 Å². The van der Waals surface area contributed by atoms with E-state index in [1.54, 1.807) is 0 Å². The van der Waals surface area contributed by atoms with Crippen molar-refractivity contribution in [1.29, 1.82) is 0 Å². The van der Waals surface area contributed by atoms with Crippen LogP contribution in [0.4, 0.5) is 17.3 Å². The van der Waals surface area contributed by atoms with Crippen LogP contribution in [-0.4, -0.2) is 58.3 Å². The Bertz CT molecular complexity index is 1140. The Morgan fingerprint density at radius 1 is 1.06 bits per heavy atom. The van der Waals surface area contributed by atoms with Crippen LogP contribution in [-0.2, 0) is 11.2 Å². The molecule has 8 heteroatoms. The second-order valence-corrected chi connectivity index (χ2v) is 9.36. The maximum absolute atomic E-state index is 6.46. The number of pyridine rings is 2. The van der Waals surface area contributed by atoms with Gasteiger partial charge in [-0.3, -0.25) is 4.98 Å². The summed E-state index contributed by atoms with van der Waals surface area (Å²) in [6.45, 7) is 5.64. The minimum atomic E-state index is 0.107. The largest absolute Gasteiger partial charge is 0.376 e. The van der Waals surface area contributed by atoms with Gasteiger partial charge in [0.2, 0.25) is 0 Å². The Morgan fingerprint density at radius 2 is 1.94 bits per heavy atom. The summed E-state index contributed by atoms with van der Waals surface area (Å²) in [5.41, 5.74) is 10.3. The van der Waals surface area contributed by atoms with Crippen LogP contribution in [0.1, 0.15) is 31.9 Å². The number of piperidine rings is 1. The molecule has 32 heavy (non-hydrogen) atoms. The highest BCUT2D eigenvalue weighted by Crippen LogP contribution is 2.41. The van der Waals surface area contributed by atoms with Gasteiger partial charge in [0.15, 0.2) is 5.65 Å². The van der Waals surface area contributed by atoms with Gasteiger partial charge < -0.3 is 20.3 Å². The number of anilines is 3. The summed E-state index contributed by atoms with van der Waals surface area (Å²) in [4.78, 5) is 23.5. The SMILES string of the molecule is C[C@@H]1OCC2(CCN(c3cnc4nc(N5CCCc6ncccc65)ccc4n3)CC2)[C@@H]1N. The molecule has 0 radical (unpaired) electrons. The molecule has 166 valence electrons. The molecule has 2 N–H and O–H groups in total. The molecular formula is C24H29N7O. The molecular weight excluding hydrogens is 402 g/mol. The number of nitrogens with two attached hydrogens (primary N) is 1. The van der Waals surface area contributed by atoms with E-state index in [-0.39, 0.29) is 17.6 Å². The van der Waals surface area contributed by atoms with Crippen molar-refractivity contribution in [3.8, 4) is 0 Å². The minimum absolute atomic E-state index is 0.107. The number of rotatable bonds is 2. The molecule has 6 rings (SSSR count). The Hall–Kier alpha value is -2.84. The molecule has 0 aliphatic carbocycles. The van der Waals surface area contributed by atoms with Gasteiger partial charge in [0, 0.05) is 37.3 Å². The second-order valence-electron chi connectivity index (χ2n) is 9.36. The van der Waals surface area contributed by atoms with Gasteiger partial charge in [-0.1, -0.05) is 0 Å². The topological polar surface area (TPSA) is 93.3 Å². The van der Waals surface area contributed by atoms with Gasteiger partial charge in [0.1, 0.15) is 17.2 Å². The Labute approximate surface area is 187 Å². The standard InChI is InChI=1S/C24H29N7O/c1-16-22(25)24(15-32-16)8-12-30(13-9-24)21-14-27-23-18(28-21)6-7-20(29-23)31-11-3-4-17-19(31)5-2-10-26-17/h2,5-7,10,14,16,22H,3-4,8-9,11-13,15,25H2,1H3/t16-,22+/m0/s1. The number of fused-ring (bicyclic) bond motifs is 2. The van der Waals surface area contributed by atoms with Crippen LogP contribution in [0.2, 0.25) is 0 Å². The number of nitrogens with zero attached hydrogens (tertiary/aromatic N) is 6. The summed E-state index contributed by atoms with van der Waals surface area (Å²) in [5, 5.41) is 0. The molecule has 0 amide bonds. The van der Waals surface area contributed by atoms with Crippen molar-refractivity contribution in [2.75, 3.05) is 36.0 Å². The van der Waals surface area contributed by atoms with Gasteiger partial charge in [0.25, 0.3) is 0 Å². The first-order valence-electron chi connectivity index (χ1n) is 11.6. The molecule has 2 atom stereocenters. The lowest BCUT2D eigenvalue weighted by Gasteiger charge is -2.41. The minimum Gasteiger partial charge on any atom is -0.376 e. The first kappa shape index (κ1) is 19.8. The lowest BCUT2D eigenvalue weighted by Crippen LogP contribution is -2.50. The average molecular weight is 432 g/mol. The van der Waals surface area contributed by atoms with Crippen LogP contribution in [0.15, 0.2) is 36.7 Å². The normalized spacial score (nSPS) is 24.8. The maximum Gasteiger partial charge on any atom is 0.180 e. The third-order valence-electron chi connectivity index (χ3n) is 7.54. The van der Waals surface area contributed by atoms with Gasteiger partial charge in [-0.05, 0) is 56.9 Å². The van der Waals surface area contributed by atoms with Crippen molar-refractivity contribution >= 4 is 28.5 Å². The van der Waals surface area contributed by atoms with Crippen molar-refractivity contribution in [2.24, 2.45) is 11.1 Å². The summed E-state index contributed by atoms with van der Waals surface area (Å²) < 4.78 is 5.85. The zero-order chi connectivity index (χ0) is 21.7. The predicted molar refractivity (Wildman–Crippen MR) is 124 cm³/mol. The third kappa shape index (κ3) is 3.20. The molecule has 0 saturated carbocycles. The lowest BCUT2D eigenvalue weighted by atomic mass is 9.73. The molecule has 3 aromatic heterocycles. The lowest BCUT2D eigenvalue weighted by molar-refractivity contribution is 0.0974. The third-order valence-corrected chi connectivity index (χ3v) is 7.54. The summed E-state index contributed by atoms with van der Waals surface area (Å²) in [6.07, 6.45) is 7.99. The van der Waals surface area contributed by atoms with Crippen LogP contribution >= 0.6 is 0 Å². The molecule has 3 aromatic rings. The maximum atomic E-state index is 6.46. The monoisotopic (exact) mass is 431 g/mol. The van der Waals surface area contributed by atoms with Gasteiger partial charge in [-0.15, -0.1) is 0 Å². The van der Waals surface area contributed by atoms with Gasteiger partial charge in [-0.25, -0.2) is 15.0 Å². The molecule has 2 fully saturated rings. The Kier molecular flexibility index (Phi) is 4.73. The van der Waals surface area contributed by atoms with Crippen LogP contribution in [0.25, 0.3) is 11.2 Å². The molecule has 0 bridgehead atoms. The van der Waals surface area contributed by atoms with Gasteiger partial charge >= 0.3 is 0 Å². The fraction of sp³-hybridized carbons (Fsp3) is 0.500. The molecule has 3 aliphatic rings. The van der Waals surface area contributed by atoms with Crippen molar-refractivity contribution in [2.45, 2.75) is 44.8 Å². The molecule has 0 aromatic carbocycles. The zero-order valence-electron chi connectivity index (χ0n) is 18.4. The Morgan fingerprint density at radius 3 is 2.75 bits per heavy atom. The van der Waals surface area contributed by atoms with E-state index in [0.717, 1.165) is 80.5 Å². The summed E-state index contributed by atoms with van der Waals surface area (Å²) in [7, 11) is 0. The highest BCUT2D eigenvalue weighted by Gasteiger charge is 2.47. The summed E-state index contributed by atoms with van der Waals surface area (Å²) >= 11 is 0. The highest BCUT2D eigenvalue weighted by atomic mass is 16.5. The second kappa shape index (κ2) is 7.64. The van der Waals surface area contributed by atoms with Crippen LogP contribution in [0.5, 0.6) is 0 Å². The fourth-order valence-electron chi connectivity index (χ4n) is 5.47. The van der Waals surface area contributed by atoms with E-state index in [1.165, 1.54) is 0 Å². The number of aryl methyl sites for hydroxylation is 1. The molecule has 6 heterocycles. The molecule has 8 nitrogen and oxygen atoms in total. The number of ether oxygens (including phenoxy) is 1. The van der Waals surface area contributed by atoms with E-state index in [0.29, 0.717) is 5.65 Å². The number of aromatic nitrogens is 4. The predicted octanol–water partition coefficient (Wildman–Crippen LogP) is 2.84. The number of hydrogen-bond donors (Lipinski definition) is 1. The van der Waals surface area contributed by atoms with Gasteiger partial charge in [-0.2, -0.15) is 0 Å². The van der Waals surface area contributed by atoms with Gasteiger partial charge in [0.05, 0.1) is 30.3 Å². The summed E-state index contributed by atoms with van der Waals surface area (Å²) in [6, 6.07) is 8.30. The van der Waals surface area contributed by atoms with E-state index in [9.17, 15) is 0 Å². The quantitative estimate of drug-likeness (QED) is 0.662. The first-order chi connectivity index (χ1) is 15.6. The average Bonchev–Trinajstić information content (AvgIpc) is 3.12. The molecule has 1 spiro atoms. The summed E-state index contributed by atoms with van der Waals surface area (Å²) in [5.74, 6) is 1.81. The molecule has 0 unspecified atom stereocenters. The molecule has 3 aliphatic heterocycles. The van der Waals surface area contributed by atoms with Crippen molar-refractivity contribution < 1.29 is 4.74 Å². The van der Waals surface area contributed by atoms with E-state index in [2.05, 4.69) is 32.8 Å². The van der Waals surface area contributed by atoms with Crippen LogP contribution < -0.4 is 15.5 Å². The fourth-order valence-corrected chi connectivity index (χ4v) is 5.47. The number of hydrogen-bond acceptors (Lipinski definition) is 8. The van der Waals surface area contributed by atoms with Crippen LogP contribution in [0.3, 0.4) is 0 Å². The van der Waals surface area contributed by atoms with Crippen molar-refractivity contribution in [1.82, 2.24) is 19.9 Å². The van der Waals surface area contributed by atoms with E-state index < -0.39 is 0 Å². The smallest absolute Gasteiger partial charge is 0.180 e. The van der Waals surface area contributed by atoms with E-state index >= 15 is 0 Å². The van der Waals surface area contributed by atoms with Crippen molar-refractivity contribution in [3.05, 3.63) is 42.4 Å². The zero-order valence-corrected chi connectivity index (χ0v) is 18.4. The highest BCUT2D eigenvalue weighted by molar-refractivity contribution is 5.76. The van der Waals surface area contributed by atoms with E-state index in [4.69, 9.17) is 20.4 Å². The van der Waals surface area contributed by atoms with E-state index in [1.807, 2.05) is 30.6 Å². The first-order valence-corrected chi connectivity index (χ1v) is 11.6. The Balaban J connectivity index is 1.23.